The van der Waals surface area contributed by atoms with E-state index in [0.29, 0.717) is 25.1 Å². The van der Waals surface area contributed by atoms with Gasteiger partial charge in [-0.05, 0) is 24.5 Å². The van der Waals surface area contributed by atoms with Crippen molar-refractivity contribution in [3.8, 4) is 5.75 Å². The number of carbonyl (C=O) groups is 1. The van der Waals surface area contributed by atoms with Crippen LogP contribution >= 0.6 is 0 Å². The number of hydrogen-bond acceptors (Lipinski definition) is 3. The van der Waals surface area contributed by atoms with Gasteiger partial charge in [-0.1, -0.05) is 19.1 Å². The fourth-order valence-corrected chi connectivity index (χ4v) is 2.39. The Labute approximate surface area is 107 Å². The van der Waals surface area contributed by atoms with Gasteiger partial charge in [0, 0.05) is 25.6 Å². The zero-order valence-corrected chi connectivity index (χ0v) is 10.6. The van der Waals surface area contributed by atoms with Gasteiger partial charge in [0.15, 0.2) is 0 Å². The molecule has 98 valence electrons. The predicted molar refractivity (Wildman–Crippen MR) is 68.6 cm³/mol. The summed E-state index contributed by atoms with van der Waals surface area (Å²) in [5, 5.41) is 19.1. The molecule has 0 saturated carbocycles. The second-order valence-corrected chi connectivity index (χ2v) is 4.76. The van der Waals surface area contributed by atoms with Gasteiger partial charge in [0.05, 0.1) is 5.56 Å². The Hall–Kier alpha value is -1.55. The Bertz CT molecular complexity index is 445. The van der Waals surface area contributed by atoms with Gasteiger partial charge in [-0.25, -0.2) is 0 Å². The highest BCUT2D eigenvalue weighted by Crippen LogP contribution is 2.26. The van der Waals surface area contributed by atoms with Crippen LogP contribution in [0.25, 0.3) is 0 Å². The number of aliphatic hydroxyl groups excluding tert-OH is 1. The fourth-order valence-electron chi connectivity index (χ4n) is 2.39. The number of rotatable bonds is 3. The molecule has 1 aliphatic rings. The quantitative estimate of drug-likeness (QED) is 0.851. The molecule has 1 unspecified atom stereocenters. The van der Waals surface area contributed by atoms with E-state index in [1.54, 1.807) is 17.0 Å². The fraction of sp³-hybridized carbons (Fsp3) is 0.500. The summed E-state index contributed by atoms with van der Waals surface area (Å²) in [7, 11) is 0. The van der Waals surface area contributed by atoms with Gasteiger partial charge in [0.2, 0.25) is 0 Å². The predicted octanol–water partition coefficient (Wildman–Crippen LogP) is 1.41. The number of amides is 1. The van der Waals surface area contributed by atoms with Crippen molar-refractivity contribution in [1.29, 1.82) is 0 Å². The molecule has 4 nitrogen and oxygen atoms in total. The molecule has 18 heavy (non-hydrogen) atoms. The van der Waals surface area contributed by atoms with E-state index in [9.17, 15) is 9.90 Å². The molecule has 0 bridgehead atoms. The van der Waals surface area contributed by atoms with Gasteiger partial charge in [0.1, 0.15) is 5.75 Å². The lowest BCUT2D eigenvalue weighted by atomic mass is 10.1. The first-order valence-electron chi connectivity index (χ1n) is 6.38. The summed E-state index contributed by atoms with van der Waals surface area (Å²) < 4.78 is 0. The molecule has 1 fully saturated rings. The highest BCUT2D eigenvalue weighted by molar-refractivity contribution is 5.97. The maximum absolute atomic E-state index is 12.3. The van der Waals surface area contributed by atoms with E-state index in [4.69, 9.17) is 5.11 Å². The lowest BCUT2D eigenvalue weighted by molar-refractivity contribution is 0.0778. The highest BCUT2D eigenvalue weighted by atomic mass is 16.3. The average molecular weight is 249 g/mol. The molecule has 2 rings (SSSR count). The van der Waals surface area contributed by atoms with Crippen LogP contribution in [0.2, 0.25) is 0 Å². The number of para-hydroxylation sites is 1. The summed E-state index contributed by atoms with van der Waals surface area (Å²) in [5.41, 5.74) is 1.16. The van der Waals surface area contributed by atoms with Gasteiger partial charge in [-0.2, -0.15) is 0 Å². The first-order valence-corrected chi connectivity index (χ1v) is 6.38. The number of hydrogen-bond donors (Lipinski definition) is 2. The van der Waals surface area contributed by atoms with Crippen LogP contribution in [0.15, 0.2) is 18.2 Å². The molecule has 2 N–H and O–H groups in total. The maximum atomic E-state index is 12.3. The number of aromatic hydroxyl groups is 1. The molecule has 0 aromatic heterocycles. The van der Waals surface area contributed by atoms with Gasteiger partial charge in [-0.15, -0.1) is 0 Å². The molecule has 1 atom stereocenters. The van der Waals surface area contributed by atoms with Crippen molar-refractivity contribution < 1.29 is 15.0 Å². The topological polar surface area (TPSA) is 60.8 Å². The molecule has 1 aromatic rings. The van der Waals surface area contributed by atoms with E-state index < -0.39 is 0 Å². The Morgan fingerprint density at radius 3 is 2.89 bits per heavy atom. The monoisotopic (exact) mass is 249 g/mol. The zero-order chi connectivity index (χ0) is 13.1. The van der Waals surface area contributed by atoms with Crippen LogP contribution in [0.1, 0.15) is 29.3 Å². The number of likely N-dealkylation sites (tertiary alicyclic amines) is 1. The SMILES string of the molecule is CCc1cccc(C(=O)N2CCC(CO)C2)c1O. The molecule has 0 spiro atoms. The van der Waals surface area contributed by atoms with Crippen LogP contribution in [0.5, 0.6) is 5.75 Å². The van der Waals surface area contributed by atoms with Gasteiger partial charge in [-0.3, -0.25) is 4.79 Å². The molecular formula is C14H19NO3. The van der Waals surface area contributed by atoms with Crippen LogP contribution in [0, 0.1) is 5.92 Å². The van der Waals surface area contributed by atoms with Crippen molar-refractivity contribution in [3.63, 3.8) is 0 Å². The van der Waals surface area contributed by atoms with Crippen molar-refractivity contribution in [3.05, 3.63) is 29.3 Å². The van der Waals surface area contributed by atoms with E-state index in [1.807, 2.05) is 13.0 Å². The van der Waals surface area contributed by atoms with E-state index in [0.717, 1.165) is 12.0 Å². The van der Waals surface area contributed by atoms with Crippen molar-refractivity contribution in [1.82, 2.24) is 4.90 Å². The second-order valence-electron chi connectivity index (χ2n) is 4.76. The molecule has 0 aliphatic carbocycles. The van der Waals surface area contributed by atoms with Gasteiger partial charge < -0.3 is 15.1 Å². The average Bonchev–Trinajstić information content (AvgIpc) is 2.87. The first kappa shape index (κ1) is 12.9. The molecular weight excluding hydrogens is 230 g/mol. The summed E-state index contributed by atoms with van der Waals surface area (Å²) >= 11 is 0. The number of phenolic OH excluding ortho intramolecular Hbond substituents is 1. The minimum atomic E-state index is -0.140. The Kier molecular flexibility index (Phi) is 3.87. The highest BCUT2D eigenvalue weighted by Gasteiger charge is 2.28. The van der Waals surface area contributed by atoms with Crippen LogP contribution in [0.4, 0.5) is 0 Å². The van der Waals surface area contributed by atoms with Crippen molar-refractivity contribution in [2.45, 2.75) is 19.8 Å². The first-order chi connectivity index (χ1) is 8.67. The normalized spacial score (nSPS) is 19.2. The molecule has 1 heterocycles. The summed E-state index contributed by atoms with van der Waals surface area (Å²) in [4.78, 5) is 14.0. The van der Waals surface area contributed by atoms with Crippen LogP contribution in [-0.2, 0) is 6.42 Å². The largest absolute Gasteiger partial charge is 0.507 e. The summed E-state index contributed by atoms with van der Waals surface area (Å²) in [6, 6.07) is 5.28. The number of phenols is 1. The molecule has 1 aliphatic heterocycles. The minimum absolute atomic E-state index is 0.0949. The summed E-state index contributed by atoms with van der Waals surface area (Å²) in [6.07, 6.45) is 1.53. The number of carbonyl (C=O) groups excluding carboxylic acids is 1. The Balaban J connectivity index is 2.19. The molecule has 1 saturated heterocycles. The molecule has 1 amide bonds. The lowest BCUT2D eigenvalue weighted by Gasteiger charge is -2.17. The number of nitrogens with zero attached hydrogens (tertiary/aromatic N) is 1. The molecule has 0 radical (unpaired) electrons. The van der Waals surface area contributed by atoms with Crippen LogP contribution in [-0.4, -0.2) is 40.7 Å². The third-order valence-electron chi connectivity index (χ3n) is 3.56. The zero-order valence-electron chi connectivity index (χ0n) is 10.6. The van der Waals surface area contributed by atoms with Crippen LogP contribution < -0.4 is 0 Å². The summed E-state index contributed by atoms with van der Waals surface area (Å²) in [5.74, 6) is 0.127. The van der Waals surface area contributed by atoms with Gasteiger partial charge in [0.25, 0.3) is 5.91 Å². The summed E-state index contributed by atoms with van der Waals surface area (Å²) in [6.45, 7) is 3.29. The standard InChI is InChI=1S/C14H19NO3/c1-2-11-4-3-5-12(13(11)17)14(18)15-7-6-10(8-15)9-16/h3-5,10,16-17H,2,6-9H2,1H3. The van der Waals surface area contributed by atoms with Crippen LogP contribution in [0.3, 0.4) is 0 Å². The van der Waals surface area contributed by atoms with E-state index in [2.05, 4.69) is 0 Å². The van der Waals surface area contributed by atoms with Crippen molar-refractivity contribution in [2.75, 3.05) is 19.7 Å². The van der Waals surface area contributed by atoms with Gasteiger partial charge >= 0.3 is 0 Å². The Morgan fingerprint density at radius 1 is 1.50 bits per heavy atom. The number of aliphatic hydroxyl groups is 1. The third-order valence-corrected chi connectivity index (χ3v) is 3.56. The minimum Gasteiger partial charge on any atom is -0.507 e. The van der Waals surface area contributed by atoms with Crippen molar-refractivity contribution >= 4 is 5.91 Å². The smallest absolute Gasteiger partial charge is 0.257 e. The van der Waals surface area contributed by atoms with Crippen molar-refractivity contribution in [2.24, 2.45) is 5.92 Å². The lowest BCUT2D eigenvalue weighted by Crippen LogP contribution is -2.29. The second kappa shape index (κ2) is 5.40. The van der Waals surface area contributed by atoms with E-state index in [-0.39, 0.29) is 24.2 Å². The third kappa shape index (κ3) is 2.34. The molecule has 4 heteroatoms. The Morgan fingerprint density at radius 2 is 2.28 bits per heavy atom. The van der Waals surface area contributed by atoms with E-state index in [1.165, 1.54) is 0 Å². The van der Waals surface area contributed by atoms with E-state index >= 15 is 0 Å². The molecule has 1 aromatic carbocycles. The number of benzene rings is 1. The maximum Gasteiger partial charge on any atom is 0.257 e. The number of aryl methyl sites for hydroxylation is 1.